The smallest absolute Gasteiger partial charge is 0.279 e. The van der Waals surface area contributed by atoms with E-state index in [4.69, 9.17) is 4.74 Å². The highest BCUT2D eigenvalue weighted by Gasteiger charge is 2.32. The normalized spacial score (nSPS) is 24.8. The van der Waals surface area contributed by atoms with E-state index < -0.39 is 16.3 Å². The van der Waals surface area contributed by atoms with Gasteiger partial charge in [-0.05, 0) is 19.3 Å². The van der Waals surface area contributed by atoms with Crippen LogP contribution in [0, 0.1) is 5.92 Å². The number of hydrogen-bond acceptors (Lipinski definition) is 4. The van der Waals surface area contributed by atoms with Crippen LogP contribution in [0.15, 0.2) is 0 Å². The molecule has 1 aliphatic rings. The van der Waals surface area contributed by atoms with Crippen molar-refractivity contribution in [1.82, 2.24) is 9.03 Å². The third-order valence-electron chi connectivity index (χ3n) is 2.80. The molecule has 0 amide bonds. The molecule has 0 aromatic carbocycles. The summed E-state index contributed by atoms with van der Waals surface area (Å²) in [6, 6.07) is 0. The second-order valence-electron chi connectivity index (χ2n) is 4.04. The molecule has 0 saturated carbocycles. The van der Waals surface area contributed by atoms with Gasteiger partial charge < -0.3 is 9.84 Å². The van der Waals surface area contributed by atoms with Crippen molar-refractivity contribution in [1.29, 1.82) is 0 Å². The van der Waals surface area contributed by atoms with Crippen LogP contribution in [0.25, 0.3) is 0 Å². The maximum Gasteiger partial charge on any atom is 0.279 e. The number of ether oxygens (including phenoxy) is 1. The third-order valence-corrected chi connectivity index (χ3v) is 4.38. The van der Waals surface area contributed by atoms with Crippen molar-refractivity contribution in [2.75, 3.05) is 33.4 Å². The summed E-state index contributed by atoms with van der Waals surface area (Å²) >= 11 is 0. The molecule has 0 bridgehead atoms. The molecule has 6 nitrogen and oxygen atoms in total. The number of aliphatic hydroxyl groups excluding tert-OH is 1. The first-order valence-electron chi connectivity index (χ1n) is 5.39. The Kier molecular flexibility index (Phi) is 5.13. The Morgan fingerprint density at radius 2 is 2.31 bits per heavy atom. The molecule has 1 rings (SSSR count). The molecular formula is C9H20N2O4S. The Morgan fingerprint density at radius 3 is 2.81 bits per heavy atom. The molecule has 0 spiro atoms. The molecule has 1 aliphatic heterocycles. The lowest BCUT2D eigenvalue weighted by molar-refractivity contribution is 0.132. The fourth-order valence-electron chi connectivity index (χ4n) is 1.73. The molecular weight excluding hydrogens is 232 g/mol. The van der Waals surface area contributed by atoms with Gasteiger partial charge in [0.05, 0.1) is 12.7 Å². The summed E-state index contributed by atoms with van der Waals surface area (Å²) in [5.74, 6) is 0.0407. The third kappa shape index (κ3) is 3.67. The molecule has 0 aromatic rings. The summed E-state index contributed by atoms with van der Waals surface area (Å²) in [7, 11) is -1.89. The van der Waals surface area contributed by atoms with Crippen LogP contribution in [0.5, 0.6) is 0 Å². The Labute approximate surface area is 96.8 Å². The highest BCUT2D eigenvalue weighted by Crippen LogP contribution is 2.21. The van der Waals surface area contributed by atoms with E-state index in [0.29, 0.717) is 26.1 Å². The second kappa shape index (κ2) is 5.92. The first-order chi connectivity index (χ1) is 7.47. The first kappa shape index (κ1) is 13.9. The lowest BCUT2D eigenvalue weighted by Gasteiger charge is -2.17. The zero-order chi connectivity index (χ0) is 12.2. The predicted octanol–water partition coefficient (Wildman–Crippen LogP) is -0.830. The van der Waals surface area contributed by atoms with Gasteiger partial charge in [-0.3, -0.25) is 0 Å². The quantitative estimate of drug-likeness (QED) is 0.605. The van der Waals surface area contributed by atoms with Gasteiger partial charge in [0.25, 0.3) is 10.2 Å². The molecule has 7 heteroatoms. The van der Waals surface area contributed by atoms with E-state index in [1.807, 2.05) is 0 Å². The minimum absolute atomic E-state index is 0.0407. The van der Waals surface area contributed by atoms with Crippen LogP contribution >= 0.6 is 0 Å². The van der Waals surface area contributed by atoms with Crippen molar-refractivity contribution < 1.29 is 18.3 Å². The number of methoxy groups -OCH3 is 1. The van der Waals surface area contributed by atoms with Crippen LogP contribution in [-0.2, 0) is 14.9 Å². The van der Waals surface area contributed by atoms with E-state index in [-0.39, 0.29) is 12.5 Å². The molecule has 1 heterocycles. The molecule has 96 valence electrons. The van der Waals surface area contributed by atoms with Crippen molar-refractivity contribution in [3.05, 3.63) is 0 Å². The van der Waals surface area contributed by atoms with Crippen molar-refractivity contribution in [3.63, 3.8) is 0 Å². The van der Waals surface area contributed by atoms with E-state index in [0.717, 1.165) is 0 Å². The number of nitrogens with zero attached hydrogens (tertiary/aromatic N) is 1. The van der Waals surface area contributed by atoms with Crippen molar-refractivity contribution in [3.8, 4) is 0 Å². The van der Waals surface area contributed by atoms with E-state index in [2.05, 4.69) is 4.72 Å². The number of rotatable bonds is 6. The van der Waals surface area contributed by atoms with Gasteiger partial charge in [0.2, 0.25) is 0 Å². The minimum Gasteiger partial charge on any atom is -0.393 e. The number of hydrogen-bond donors (Lipinski definition) is 2. The summed E-state index contributed by atoms with van der Waals surface area (Å²) in [5.41, 5.74) is 0. The Balaban J connectivity index is 2.45. The van der Waals surface area contributed by atoms with Crippen LogP contribution in [0.4, 0.5) is 0 Å². The van der Waals surface area contributed by atoms with Crippen molar-refractivity contribution >= 4 is 10.2 Å². The van der Waals surface area contributed by atoms with Gasteiger partial charge in [-0.1, -0.05) is 0 Å². The topological polar surface area (TPSA) is 78.9 Å². The second-order valence-corrected chi connectivity index (χ2v) is 5.79. The van der Waals surface area contributed by atoms with E-state index in [1.165, 1.54) is 11.4 Å². The van der Waals surface area contributed by atoms with Crippen LogP contribution in [0.2, 0.25) is 0 Å². The van der Waals surface area contributed by atoms with Gasteiger partial charge >= 0.3 is 0 Å². The van der Waals surface area contributed by atoms with Crippen LogP contribution < -0.4 is 4.72 Å². The van der Waals surface area contributed by atoms with Crippen LogP contribution in [-0.4, -0.2) is 57.3 Å². The first-order valence-corrected chi connectivity index (χ1v) is 6.83. The maximum absolute atomic E-state index is 11.8. The fourth-order valence-corrected chi connectivity index (χ4v) is 2.99. The summed E-state index contributed by atoms with van der Waals surface area (Å²) in [4.78, 5) is 0. The van der Waals surface area contributed by atoms with Gasteiger partial charge in [-0.15, -0.1) is 0 Å². The van der Waals surface area contributed by atoms with E-state index >= 15 is 0 Å². The van der Waals surface area contributed by atoms with Gasteiger partial charge in [0, 0.05) is 26.7 Å². The molecule has 2 unspecified atom stereocenters. The van der Waals surface area contributed by atoms with Crippen LogP contribution in [0.1, 0.15) is 13.3 Å². The molecule has 1 saturated heterocycles. The zero-order valence-electron chi connectivity index (χ0n) is 9.72. The molecule has 0 radical (unpaired) electrons. The van der Waals surface area contributed by atoms with Gasteiger partial charge in [-0.2, -0.15) is 17.4 Å². The van der Waals surface area contributed by atoms with Gasteiger partial charge in [-0.25, -0.2) is 0 Å². The maximum atomic E-state index is 11.8. The molecule has 16 heavy (non-hydrogen) atoms. The standard InChI is InChI=1S/C9H20N2O4S/c1-8(12)9-3-5-11(7-9)16(13,14)10-4-6-15-2/h8-10,12H,3-7H2,1-2H3. The Morgan fingerprint density at radius 1 is 1.62 bits per heavy atom. The summed E-state index contributed by atoms with van der Waals surface area (Å²) in [6.45, 7) is 3.18. The summed E-state index contributed by atoms with van der Waals surface area (Å²) in [6.07, 6.45) is 0.252. The van der Waals surface area contributed by atoms with Gasteiger partial charge in [0.15, 0.2) is 0 Å². The Hall–Kier alpha value is -0.210. The van der Waals surface area contributed by atoms with Crippen LogP contribution in [0.3, 0.4) is 0 Å². The zero-order valence-corrected chi connectivity index (χ0v) is 10.5. The molecule has 2 atom stereocenters. The summed E-state index contributed by atoms with van der Waals surface area (Å²) in [5, 5.41) is 9.39. The number of aliphatic hydroxyl groups is 1. The average Bonchev–Trinajstić information content (AvgIpc) is 2.67. The summed E-state index contributed by atoms with van der Waals surface area (Å²) < 4.78 is 32.1. The Bertz CT molecular complexity index is 305. The average molecular weight is 252 g/mol. The van der Waals surface area contributed by atoms with Gasteiger partial charge in [0.1, 0.15) is 0 Å². The van der Waals surface area contributed by atoms with Crippen molar-refractivity contribution in [2.45, 2.75) is 19.4 Å². The largest absolute Gasteiger partial charge is 0.393 e. The van der Waals surface area contributed by atoms with E-state index in [9.17, 15) is 13.5 Å². The number of nitrogens with one attached hydrogen (secondary N) is 1. The lowest BCUT2D eigenvalue weighted by atomic mass is 10.0. The monoisotopic (exact) mass is 252 g/mol. The lowest BCUT2D eigenvalue weighted by Crippen LogP contribution is -2.41. The molecule has 0 aliphatic carbocycles. The highest BCUT2D eigenvalue weighted by molar-refractivity contribution is 7.87. The highest BCUT2D eigenvalue weighted by atomic mass is 32.2. The minimum atomic E-state index is -3.41. The van der Waals surface area contributed by atoms with E-state index in [1.54, 1.807) is 6.92 Å². The predicted molar refractivity (Wildman–Crippen MR) is 60.2 cm³/mol. The van der Waals surface area contributed by atoms with Crippen molar-refractivity contribution in [2.24, 2.45) is 5.92 Å². The molecule has 1 fully saturated rings. The SMILES string of the molecule is COCCNS(=O)(=O)N1CCC(C(C)O)C1. The molecule has 2 N–H and O–H groups in total. The molecule has 0 aromatic heterocycles. The fraction of sp³-hybridized carbons (Fsp3) is 1.00.